The minimum absolute atomic E-state index is 0.311. The summed E-state index contributed by atoms with van der Waals surface area (Å²) < 4.78 is 38.4. The Balaban J connectivity index is 0.000000572. The van der Waals surface area contributed by atoms with Crippen LogP contribution in [-0.4, -0.2) is 48.9 Å². The third-order valence-corrected chi connectivity index (χ3v) is 6.56. The van der Waals surface area contributed by atoms with Crippen molar-refractivity contribution in [3.8, 4) is 0 Å². The topological polar surface area (TPSA) is 117 Å². The number of aliphatic imine (C=N–C) groups is 1. The Labute approximate surface area is 235 Å². The zero-order chi connectivity index (χ0) is 29.4. The van der Waals surface area contributed by atoms with Gasteiger partial charge in [0.05, 0.1) is 17.1 Å². The Bertz CT molecular complexity index is 1370. The van der Waals surface area contributed by atoms with Crippen LogP contribution in [0, 0.1) is 5.92 Å². The summed E-state index contributed by atoms with van der Waals surface area (Å²) in [6, 6.07) is 26.6. The van der Waals surface area contributed by atoms with E-state index < -0.39 is 55.2 Å². The number of amides is 3. The van der Waals surface area contributed by atoms with E-state index in [1.54, 1.807) is 0 Å². The second-order valence-corrected chi connectivity index (χ2v) is 9.55. The van der Waals surface area contributed by atoms with E-state index in [2.05, 4.69) is 15.6 Å². The second-order valence-electron chi connectivity index (χ2n) is 9.55. The molecular formula is C30H30F3N5O3. The van der Waals surface area contributed by atoms with Crippen molar-refractivity contribution in [2.75, 3.05) is 23.3 Å². The first-order chi connectivity index (χ1) is 19.6. The molecule has 3 amide bonds. The first kappa shape index (κ1) is 29.3. The van der Waals surface area contributed by atoms with Gasteiger partial charge in [0, 0.05) is 43.0 Å². The molecular weight excluding hydrogens is 535 g/mol. The summed E-state index contributed by atoms with van der Waals surface area (Å²) in [7, 11) is 0. The number of hydrogen-bond donors (Lipinski definition) is 3. The molecule has 3 aromatic carbocycles. The summed E-state index contributed by atoms with van der Waals surface area (Å²) in [5, 5.41) is 5.73. The molecule has 0 saturated carbocycles. The number of nitrogens with two attached hydrogens (primary N) is 1. The highest BCUT2D eigenvalue weighted by atomic mass is 19.4. The van der Waals surface area contributed by atoms with Crippen LogP contribution in [0.5, 0.6) is 0 Å². The summed E-state index contributed by atoms with van der Waals surface area (Å²) in [6.07, 6.45) is -8.37. The third-order valence-electron chi connectivity index (χ3n) is 6.56. The molecule has 0 bridgehead atoms. The average molecular weight is 566 g/mol. The van der Waals surface area contributed by atoms with Gasteiger partial charge in [-0.1, -0.05) is 78.9 Å². The number of benzene rings is 3. The Kier molecular flexibility index (Phi) is 9.38. The highest BCUT2D eigenvalue weighted by Gasteiger charge is 2.38. The van der Waals surface area contributed by atoms with Crippen LogP contribution < -0.4 is 21.3 Å². The van der Waals surface area contributed by atoms with E-state index in [-0.39, 0.29) is 0 Å². The van der Waals surface area contributed by atoms with E-state index >= 15 is 0 Å². The minimum Gasteiger partial charge on any atom is -0.382 e. The fraction of sp³-hybridized carbons (Fsp3) is 0.267. The highest BCUT2D eigenvalue weighted by Crippen LogP contribution is 2.37. The van der Waals surface area contributed by atoms with Crippen molar-refractivity contribution in [2.45, 2.75) is 31.6 Å². The molecule has 0 aliphatic carbocycles. The Morgan fingerprint density at radius 2 is 1.63 bits per heavy atom. The van der Waals surface area contributed by atoms with E-state index in [9.17, 15) is 27.6 Å². The molecule has 41 heavy (non-hydrogen) atoms. The van der Waals surface area contributed by atoms with Crippen molar-refractivity contribution in [1.82, 2.24) is 5.32 Å². The van der Waals surface area contributed by atoms with E-state index in [0.29, 0.717) is 35.6 Å². The number of carbonyl (C=O) groups is 3. The van der Waals surface area contributed by atoms with E-state index in [1.807, 2.05) is 84.9 Å². The fourth-order valence-corrected chi connectivity index (χ4v) is 4.67. The van der Waals surface area contributed by atoms with Gasteiger partial charge in [-0.25, -0.2) is 4.99 Å². The van der Waals surface area contributed by atoms with Crippen molar-refractivity contribution < 1.29 is 27.6 Å². The summed E-state index contributed by atoms with van der Waals surface area (Å²) in [4.78, 5) is 44.0. The summed E-state index contributed by atoms with van der Waals surface area (Å²) in [5.41, 5.74) is 8.35. The van der Waals surface area contributed by atoms with Crippen LogP contribution in [0.1, 0.15) is 30.4 Å². The van der Waals surface area contributed by atoms with Gasteiger partial charge in [-0.3, -0.25) is 14.4 Å². The molecule has 2 heterocycles. The highest BCUT2D eigenvalue weighted by molar-refractivity contribution is 6.22. The van der Waals surface area contributed by atoms with E-state index in [0.717, 1.165) is 5.69 Å². The number of alkyl halides is 3. The molecule has 0 radical (unpaired) electrons. The monoisotopic (exact) mass is 565 g/mol. The summed E-state index contributed by atoms with van der Waals surface area (Å²) in [6.45, 7) is 0.783. The first-order valence-electron chi connectivity index (χ1n) is 13.1. The Hall–Kier alpha value is -4.67. The molecule has 2 aliphatic rings. The number of para-hydroxylation sites is 1. The van der Waals surface area contributed by atoms with Gasteiger partial charge in [0.25, 0.3) is 5.91 Å². The minimum atomic E-state index is -4.51. The van der Waals surface area contributed by atoms with Crippen molar-refractivity contribution in [2.24, 2.45) is 16.6 Å². The Morgan fingerprint density at radius 1 is 1.00 bits per heavy atom. The number of anilines is 2. The molecule has 2 atom stereocenters. The number of rotatable bonds is 7. The van der Waals surface area contributed by atoms with Gasteiger partial charge in [-0.2, -0.15) is 13.2 Å². The van der Waals surface area contributed by atoms with Crippen molar-refractivity contribution in [3.05, 3.63) is 96.1 Å². The lowest BCUT2D eigenvalue weighted by Crippen LogP contribution is -2.51. The third kappa shape index (κ3) is 7.71. The molecule has 214 valence electrons. The lowest BCUT2D eigenvalue weighted by molar-refractivity contribution is -0.143. The number of hydrogen-bond acceptors (Lipinski definition) is 5. The average Bonchev–Trinajstić information content (AvgIpc) is 3.08. The van der Waals surface area contributed by atoms with Crippen LogP contribution in [0.25, 0.3) is 0 Å². The van der Waals surface area contributed by atoms with Gasteiger partial charge in [-0.05, 0) is 12.5 Å². The lowest BCUT2D eigenvalue weighted by Gasteiger charge is -2.32. The first-order valence-corrected chi connectivity index (χ1v) is 13.1. The van der Waals surface area contributed by atoms with E-state index in [1.165, 1.54) is 4.90 Å². The lowest BCUT2D eigenvalue weighted by atomic mass is 9.97. The fourth-order valence-electron chi connectivity index (χ4n) is 4.67. The second kappa shape index (κ2) is 13.1. The van der Waals surface area contributed by atoms with Crippen LogP contribution in [0.15, 0.2) is 89.9 Å². The molecule has 5 rings (SSSR count). The Morgan fingerprint density at radius 3 is 2.24 bits per heavy atom. The maximum atomic E-state index is 13.5. The van der Waals surface area contributed by atoms with Gasteiger partial charge >= 0.3 is 6.18 Å². The van der Waals surface area contributed by atoms with Gasteiger partial charge in [0.1, 0.15) is 0 Å². The van der Waals surface area contributed by atoms with Crippen LogP contribution in [0.3, 0.4) is 0 Å². The normalized spacial score (nSPS) is 16.6. The van der Waals surface area contributed by atoms with Crippen molar-refractivity contribution >= 4 is 34.8 Å². The van der Waals surface area contributed by atoms with Crippen LogP contribution in [0.2, 0.25) is 0 Å². The molecule has 8 nitrogen and oxygen atoms in total. The molecule has 3 aromatic rings. The maximum absolute atomic E-state index is 13.5. The predicted octanol–water partition coefficient (Wildman–Crippen LogP) is 4.26. The van der Waals surface area contributed by atoms with Crippen LogP contribution in [0.4, 0.5) is 24.5 Å². The number of primary amides is 1. The predicted molar refractivity (Wildman–Crippen MR) is 150 cm³/mol. The molecule has 2 aliphatic heterocycles. The maximum Gasteiger partial charge on any atom is 0.389 e. The zero-order valence-corrected chi connectivity index (χ0v) is 22.1. The SMILES string of the molecule is NC(=O)CC(CCC(F)(F)F)C(=O)NC1N=C(c2ccccc2)c2cccc3c2N(CCN3)C1=O.c1ccccc1. The van der Waals surface area contributed by atoms with Gasteiger partial charge in [0.15, 0.2) is 0 Å². The number of nitrogens with one attached hydrogen (secondary N) is 2. The summed E-state index contributed by atoms with van der Waals surface area (Å²) >= 11 is 0. The molecule has 0 spiro atoms. The van der Waals surface area contributed by atoms with Crippen molar-refractivity contribution in [3.63, 3.8) is 0 Å². The number of carbonyl (C=O) groups excluding carboxylic acids is 3. The van der Waals surface area contributed by atoms with E-state index in [4.69, 9.17) is 5.73 Å². The number of nitrogens with zero attached hydrogens (tertiary/aromatic N) is 2. The molecule has 0 aromatic heterocycles. The summed E-state index contributed by atoms with van der Waals surface area (Å²) in [5.74, 6) is -3.66. The van der Waals surface area contributed by atoms with Gasteiger partial charge in [0.2, 0.25) is 18.0 Å². The van der Waals surface area contributed by atoms with Gasteiger partial charge in [-0.15, -0.1) is 0 Å². The van der Waals surface area contributed by atoms with Gasteiger partial charge < -0.3 is 21.3 Å². The molecule has 4 N–H and O–H groups in total. The molecule has 0 fully saturated rings. The standard InChI is InChI=1S/C24H24F3N5O3.C6H6/c25-24(26,27)10-9-15(13-18(28)33)22(34)31-21-23(35)32-12-11-29-17-8-4-7-16(20(17)32)19(30-21)14-5-2-1-3-6-14;1-2-4-6-5-3-1/h1-8,15,21,29H,9-13H2,(H2,28,33)(H,31,34);1-6H. The zero-order valence-electron chi connectivity index (χ0n) is 22.1. The van der Waals surface area contributed by atoms with Crippen molar-refractivity contribution in [1.29, 1.82) is 0 Å². The van der Waals surface area contributed by atoms with Crippen LogP contribution in [-0.2, 0) is 14.4 Å². The number of halogens is 3. The smallest absolute Gasteiger partial charge is 0.382 e. The molecule has 11 heteroatoms. The largest absolute Gasteiger partial charge is 0.389 e. The van der Waals surface area contributed by atoms with Crippen LogP contribution >= 0.6 is 0 Å². The quantitative estimate of drug-likeness (QED) is 0.397. The molecule has 2 unspecified atom stereocenters. The molecule has 0 saturated heterocycles.